The number of hydrogen-bond acceptors (Lipinski definition) is 4. The maximum Gasteiger partial charge on any atom is 0.298 e. The molecule has 0 aliphatic heterocycles. The van der Waals surface area contributed by atoms with Gasteiger partial charge in [0.2, 0.25) is 0 Å². The van der Waals surface area contributed by atoms with Gasteiger partial charge in [0.25, 0.3) is 5.56 Å². The Balaban J connectivity index is 1.47. The van der Waals surface area contributed by atoms with Crippen LogP contribution in [0.3, 0.4) is 0 Å². The van der Waals surface area contributed by atoms with Gasteiger partial charge >= 0.3 is 0 Å². The molecule has 7 heteroatoms. The molecule has 0 saturated heterocycles. The van der Waals surface area contributed by atoms with Gasteiger partial charge in [-0.25, -0.2) is 0 Å². The molecule has 166 valence electrons. The molecule has 0 atom stereocenters. The summed E-state index contributed by atoms with van der Waals surface area (Å²) < 4.78 is 2.72. The van der Waals surface area contributed by atoms with E-state index >= 15 is 0 Å². The van der Waals surface area contributed by atoms with E-state index in [0.29, 0.717) is 16.5 Å². The molecule has 1 aromatic heterocycles. The molecule has 2 N–H and O–H groups in total. The minimum absolute atomic E-state index is 0.191. The zero-order valence-corrected chi connectivity index (χ0v) is 19.7. The van der Waals surface area contributed by atoms with Gasteiger partial charge in [0, 0.05) is 23.2 Å². The first-order valence-electron chi connectivity index (χ1n) is 10.4. The molecule has 33 heavy (non-hydrogen) atoms. The summed E-state index contributed by atoms with van der Waals surface area (Å²) in [6, 6.07) is 23.9. The van der Waals surface area contributed by atoms with E-state index in [4.69, 9.17) is 22.4 Å². The third-order valence-corrected chi connectivity index (χ3v) is 6.78. The number of hydrogen-bond donors (Lipinski definition) is 2. The summed E-state index contributed by atoms with van der Waals surface area (Å²) in [6.45, 7) is 1.83. The lowest BCUT2D eigenvalue weighted by Gasteiger charge is -2.13. The van der Waals surface area contributed by atoms with Crippen LogP contribution in [-0.2, 0) is 5.75 Å². The first kappa shape index (κ1) is 22.8. The lowest BCUT2D eigenvalue weighted by molar-refractivity contribution is 0.832. The predicted molar refractivity (Wildman–Crippen MR) is 137 cm³/mol. The third-order valence-electron chi connectivity index (χ3n) is 5.36. The van der Waals surface area contributed by atoms with Gasteiger partial charge in [0.1, 0.15) is 5.84 Å². The number of benzene rings is 3. The first-order chi connectivity index (χ1) is 16.0. The first-order valence-corrected chi connectivity index (χ1v) is 11.9. The number of nitrogens with one attached hydrogen (secondary N) is 2. The van der Waals surface area contributed by atoms with Gasteiger partial charge in [-0.3, -0.25) is 24.7 Å². The highest BCUT2D eigenvalue weighted by Gasteiger charge is 2.11. The maximum atomic E-state index is 12.8. The zero-order chi connectivity index (χ0) is 23.4. The van der Waals surface area contributed by atoms with Gasteiger partial charge < -0.3 is 0 Å². The molecule has 0 saturated carbocycles. The van der Waals surface area contributed by atoms with E-state index in [1.54, 1.807) is 42.4 Å². The van der Waals surface area contributed by atoms with Crippen LogP contribution < -0.4 is 11.0 Å². The van der Waals surface area contributed by atoms with Crippen molar-refractivity contribution in [3.63, 3.8) is 0 Å². The largest absolute Gasteiger partial charge is 0.298 e. The van der Waals surface area contributed by atoms with Crippen molar-refractivity contribution < 1.29 is 0 Å². The Morgan fingerprint density at radius 3 is 2.48 bits per heavy atom. The predicted octanol–water partition coefficient (Wildman–Crippen LogP) is 5.51. The van der Waals surface area contributed by atoms with Crippen LogP contribution in [0.15, 0.2) is 90.0 Å². The van der Waals surface area contributed by atoms with Crippen molar-refractivity contribution in [1.29, 1.82) is 10.8 Å². The van der Waals surface area contributed by atoms with Crippen LogP contribution in [0.1, 0.15) is 11.1 Å². The highest BCUT2D eigenvalue weighted by molar-refractivity contribution is 7.99. The van der Waals surface area contributed by atoms with Crippen LogP contribution in [0.25, 0.3) is 16.8 Å². The number of aromatic nitrogens is 2. The van der Waals surface area contributed by atoms with E-state index in [0.717, 1.165) is 22.4 Å². The van der Waals surface area contributed by atoms with E-state index in [-0.39, 0.29) is 11.3 Å². The van der Waals surface area contributed by atoms with Crippen LogP contribution in [0, 0.1) is 17.7 Å². The highest BCUT2D eigenvalue weighted by atomic mass is 35.5. The molecule has 3 aromatic carbocycles. The molecule has 0 aliphatic carbocycles. The Kier molecular flexibility index (Phi) is 6.96. The SMILES string of the molecule is Cc1c(Cl)cccc1-n1ccn(C(=N)CSCc2cccc(-c3ccccc3)c2)c(=N)c1=O. The van der Waals surface area contributed by atoms with Gasteiger partial charge in [0.15, 0.2) is 5.49 Å². The fourth-order valence-electron chi connectivity index (χ4n) is 3.57. The van der Waals surface area contributed by atoms with Gasteiger partial charge in [-0.05, 0) is 41.3 Å². The summed E-state index contributed by atoms with van der Waals surface area (Å²) in [5.74, 6) is 1.30. The molecule has 0 amide bonds. The normalized spacial score (nSPS) is 10.8. The van der Waals surface area contributed by atoms with E-state index in [1.165, 1.54) is 14.7 Å². The van der Waals surface area contributed by atoms with Crippen LogP contribution >= 0.6 is 23.4 Å². The van der Waals surface area contributed by atoms with Crippen molar-refractivity contribution in [2.75, 3.05) is 5.75 Å². The summed E-state index contributed by atoms with van der Waals surface area (Å²) in [7, 11) is 0. The molecule has 4 aromatic rings. The van der Waals surface area contributed by atoms with Crippen molar-refractivity contribution in [2.24, 2.45) is 0 Å². The van der Waals surface area contributed by atoms with Crippen LogP contribution in [0.4, 0.5) is 0 Å². The topological polar surface area (TPSA) is 74.6 Å². The molecule has 1 heterocycles. The second-order valence-electron chi connectivity index (χ2n) is 7.58. The molecule has 0 fully saturated rings. The second kappa shape index (κ2) is 10.1. The Labute approximate surface area is 201 Å². The van der Waals surface area contributed by atoms with Gasteiger partial charge in [-0.15, -0.1) is 11.8 Å². The molecule has 0 bridgehead atoms. The molecular formula is C26H23ClN4OS. The Morgan fingerprint density at radius 1 is 0.970 bits per heavy atom. The fraction of sp³-hybridized carbons (Fsp3) is 0.115. The van der Waals surface area contributed by atoms with Gasteiger partial charge in [-0.1, -0.05) is 72.3 Å². The van der Waals surface area contributed by atoms with Crippen molar-refractivity contribution in [3.05, 3.63) is 117 Å². The van der Waals surface area contributed by atoms with E-state index < -0.39 is 5.56 Å². The molecule has 0 spiro atoms. The van der Waals surface area contributed by atoms with Crippen molar-refractivity contribution in [3.8, 4) is 16.8 Å². The molecular weight excluding hydrogens is 452 g/mol. The van der Waals surface area contributed by atoms with Crippen LogP contribution in [0.5, 0.6) is 0 Å². The maximum absolute atomic E-state index is 12.8. The fourth-order valence-corrected chi connectivity index (χ4v) is 4.59. The summed E-state index contributed by atoms with van der Waals surface area (Å²) in [6.07, 6.45) is 3.17. The smallest absolute Gasteiger partial charge is 0.287 e. The molecule has 5 nitrogen and oxygen atoms in total. The Hall–Kier alpha value is -3.35. The minimum Gasteiger partial charge on any atom is -0.287 e. The summed E-state index contributed by atoms with van der Waals surface area (Å²) in [5, 5.41) is 17.3. The van der Waals surface area contributed by atoms with Crippen LogP contribution in [0.2, 0.25) is 5.02 Å². The highest BCUT2D eigenvalue weighted by Crippen LogP contribution is 2.23. The summed E-state index contributed by atoms with van der Waals surface area (Å²) >= 11 is 7.76. The molecule has 0 aliphatic rings. The summed E-state index contributed by atoms with van der Waals surface area (Å²) in [4.78, 5) is 12.8. The van der Waals surface area contributed by atoms with Crippen LogP contribution in [-0.4, -0.2) is 20.7 Å². The zero-order valence-electron chi connectivity index (χ0n) is 18.1. The van der Waals surface area contributed by atoms with Gasteiger partial charge in [0.05, 0.1) is 11.4 Å². The number of thioether (sulfide) groups is 1. The van der Waals surface area contributed by atoms with Crippen molar-refractivity contribution in [1.82, 2.24) is 9.13 Å². The molecule has 4 rings (SSSR count). The average molecular weight is 475 g/mol. The molecule has 0 radical (unpaired) electrons. The lowest BCUT2D eigenvalue weighted by Crippen LogP contribution is -2.43. The lowest BCUT2D eigenvalue weighted by atomic mass is 10.0. The number of nitrogens with zero attached hydrogens (tertiary/aromatic N) is 2. The Bertz CT molecular complexity index is 1430. The van der Waals surface area contributed by atoms with Crippen molar-refractivity contribution >= 4 is 29.2 Å². The number of rotatable bonds is 6. The quantitative estimate of drug-likeness (QED) is 0.286. The minimum atomic E-state index is -0.492. The monoisotopic (exact) mass is 474 g/mol. The molecule has 0 unspecified atom stereocenters. The number of halogens is 1. The van der Waals surface area contributed by atoms with E-state index in [2.05, 4.69) is 30.3 Å². The third kappa shape index (κ3) is 5.02. The van der Waals surface area contributed by atoms with E-state index in [9.17, 15) is 4.79 Å². The van der Waals surface area contributed by atoms with E-state index in [1.807, 2.05) is 31.2 Å². The summed E-state index contributed by atoms with van der Waals surface area (Å²) in [5.41, 5.74) is 4.14. The van der Waals surface area contributed by atoms with Crippen molar-refractivity contribution in [2.45, 2.75) is 12.7 Å². The average Bonchev–Trinajstić information content (AvgIpc) is 2.83. The Morgan fingerprint density at radius 2 is 1.70 bits per heavy atom. The second-order valence-corrected chi connectivity index (χ2v) is 8.97. The standard InChI is InChI=1S/C26H23ClN4OS/c1-18-22(27)11-6-12-23(18)30-13-14-31(25(29)26(30)32)24(28)17-33-16-19-7-5-10-21(15-19)20-8-3-2-4-9-20/h2-15,28-29H,16-17H2,1H3. The van der Waals surface area contributed by atoms with Gasteiger partial charge in [-0.2, -0.15) is 0 Å².